The number of para-hydroxylation sites is 1. The van der Waals surface area contributed by atoms with Crippen molar-refractivity contribution < 1.29 is 4.74 Å². The number of hydrogen-bond donors (Lipinski definition) is 0. The van der Waals surface area contributed by atoms with E-state index in [1.807, 2.05) is 60.7 Å². The van der Waals surface area contributed by atoms with Gasteiger partial charge in [0.1, 0.15) is 5.76 Å². The Labute approximate surface area is 171 Å². The third-order valence-electron chi connectivity index (χ3n) is 4.63. The molecule has 0 amide bonds. The third-order valence-corrected chi connectivity index (χ3v) is 4.89. The van der Waals surface area contributed by atoms with Crippen LogP contribution in [0.4, 0.5) is 5.69 Å². The summed E-state index contributed by atoms with van der Waals surface area (Å²) in [6.45, 7) is 6.34. The van der Waals surface area contributed by atoms with E-state index in [0.29, 0.717) is 10.9 Å². The highest BCUT2D eigenvalue weighted by Gasteiger charge is 2.30. The maximum Gasteiger partial charge on any atom is 0.200 e. The second-order valence-corrected chi connectivity index (χ2v) is 8.30. The zero-order valence-corrected chi connectivity index (χ0v) is 17.0. The summed E-state index contributed by atoms with van der Waals surface area (Å²) in [5.74, 6) is 1.53. The quantitative estimate of drug-likeness (QED) is 0.450. The van der Waals surface area contributed by atoms with Crippen LogP contribution in [0.25, 0.3) is 11.3 Å². The molecule has 0 radical (unpaired) electrons. The zero-order chi connectivity index (χ0) is 19.7. The molecule has 4 rings (SSSR count). The molecule has 3 aromatic rings. The Kier molecular flexibility index (Phi) is 4.82. The van der Waals surface area contributed by atoms with Crippen molar-refractivity contribution >= 4 is 34.5 Å². The molecule has 1 aliphatic rings. The van der Waals surface area contributed by atoms with Gasteiger partial charge in [-0.15, -0.1) is 0 Å². The van der Waals surface area contributed by atoms with Crippen molar-refractivity contribution in [2.45, 2.75) is 20.8 Å². The molecule has 0 unspecified atom stereocenters. The lowest BCUT2D eigenvalue weighted by Crippen LogP contribution is -2.25. The molecule has 2 nitrogen and oxygen atoms in total. The fourth-order valence-corrected chi connectivity index (χ4v) is 3.33. The summed E-state index contributed by atoms with van der Waals surface area (Å²) in [4.78, 5) is 4.79. The maximum absolute atomic E-state index is 6.48. The average molecular weight is 388 g/mol. The first-order valence-corrected chi connectivity index (χ1v) is 9.73. The summed E-state index contributed by atoms with van der Waals surface area (Å²) in [6, 6.07) is 26.3. The number of aliphatic imine (C=N–C) groups is 1. The molecule has 1 aliphatic heterocycles. The lowest BCUT2D eigenvalue weighted by molar-refractivity contribution is 0.403. The molecule has 0 saturated carbocycles. The normalized spacial score (nSPS) is 15.4. The number of halogens is 1. The SMILES string of the molecule is CC(C)(C)C1=Nc2ccccc2/C(=C(/c2ccccc2)c2ccc(Cl)cc2)O1. The predicted molar refractivity (Wildman–Crippen MR) is 118 cm³/mol. The molecule has 0 N–H and O–H groups in total. The van der Waals surface area contributed by atoms with Crippen molar-refractivity contribution in [1.82, 2.24) is 0 Å². The van der Waals surface area contributed by atoms with Crippen molar-refractivity contribution in [3.63, 3.8) is 0 Å². The van der Waals surface area contributed by atoms with Crippen LogP contribution in [0.15, 0.2) is 83.9 Å². The van der Waals surface area contributed by atoms with Crippen molar-refractivity contribution in [2.24, 2.45) is 10.4 Å². The molecule has 0 aromatic heterocycles. The molecule has 140 valence electrons. The van der Waals surface area contributed by atoms with Crippen molar-refractivity contribution in [3.8, 4) is 0 Å². The van der Waals surface area contributed by atoms with Gasteiger partial charge in [-0.3, -0.25) is 0 Å². The summed E-state index contributed by atoms with van der Waals surface area (Å²) >= 11 is 6.15. The van der Waals surface area contributed by atoms with E-state index in [9.17, 15) is 0 Å². The van der Waals surface area contributed by atoms with Gasteiger partial charge in [-0.1, -0.05) is 87.0 Å². The van der Waals surface area contributed by atoms with Crippen LogP contribution in [0.1, 0.15) is 37.5 Å². The Morgan fingerprint density at radius 1 is 0.786 bits per heavy atom. The van der Waals surface area contributed by atoms with Crippen LogP contribution in [0, 0.1) is 5.41 Å². The number of rotatable bonds is 2. The van der Waals surface area contributed by atoms with E-state index in [0.717, 1.165) is 33.7 Å². The van der Waals surface area contributed by atoms with E-state index in [2.05, 4.69) is 39.0 Å². The van der Waals surface area contributed by atoms with Crippen LogP contribution in [-0.4, -0.2) is 5.90 Å². The fourth-order valence-electron chi connectivity index (χ4n) is 3.20. The Hall–Kier alpha value is -2.84. The van der Waals surface area contributed by atoms with Crippen LogP contribution in [-0.2, 0) is 4.74 Å². The van der Waals surface area contributed by atoms with E-state index in [4.69, 9.17) is 21.3 Å². The number of benzene rings is 3. The van der Waals surface area contributed by atoms with Gasteiger partial charge in [-0.25, -0.2) is 4.99 Å². The highest BCUT2D eigenvalue weighted by atomic mass is 35.5. The molecule has 3 heteroatoms. The van der Waals surface area contributed by atoms with E-state index >= 15 is 0 Å². The third kappa shape index (κ3) is 3.61. The molecule has 0 saturated heterocycles. The lowest BCUT2D eigenvalue weighted by Gasteiger charge is -2.29. The molecule has 3 aromatic carbocycles. The van der Waals surface area contributed by atoms with Crippen LogP contribution in [0.3, 0.4) is 0 Å². The average Bonchev–Trinajstić information content (AvgIpc) is 2.69. The summed E-state index contributed by atoms with van der Waals surface area (Å²) in [5.41, 5.74) is 4.88. The summed E-state index contributed by atoms with van der Waals surface area (Å²) in [5, 5.41) is 0.711. The Morgan fingerprint density at radius 2 is 1.39 bits per heavy atom. The van der Waals surface area contributed by atoms with Crippen molar-refractivity contribution in [3.05, 3.63) is 101 Å². The smallest absolute Gasteiger partial charge is 0.200 e. The zero-order valence-electron chi connectivity index (χ0n) is 16.2. The minimum atomic E-state index is -0.208. The fraction of sp³-hybridized carbons (Fsp3) is 0.160. The Morgan fingerprint density at radius 3 is 2.07 bits per heavy atom. The van der Waals surface area contributed by atoms with Gasteiger partial charge in [0.05, 0.1) is 5.69 Å². The number of fused-ring (bicyclic) bond motifs is 1. The predicted octanol–water partition coefficient (Wildman–Crippen LogP) is 7.36. The Bertz CT molecular complexity index is 1060. The van der Waals surface area contributed by atoms with Gasteiger partial charge in [-0.2, -0.15) is 0 Å². The highest BCUT2D eigenvalue weighted by Crippen LogP contribution is 2.42. The molecular formula is C25H22ClNO. The van der Waals surface area contributed by atoms with E-state index in [1.165, 1.54) is 0 Å². The second kappa shape index (κ2) is 7.29. The number of hydrogen-bond acceptors (Lipinski definition) is 2. The van der Waals surface area contributed by atoms with Crippen molar-refractivity contribution in [1.29, 1.82) is 0 Å². The van der Waals surface area contributed by atoms with Crippen molar-refractivity contribution in [2.75, 3.05) is 0 Å². The maximum atomic E-state index is 6.48. The molecule has 0 bridgehead atoms. The first-order valence-electron chi connectivity index (χ1n) is 9.35. The Balaban J connectivity index is 2.03. The molecule has 0 fully saturated rings. The molecule has 0 atom stereocenters. The molecule has 0 aliphatic carbocycles. The van der Waals surface area contributed by atoms with Gasteiger partial charge in [0.25, 0.3) is 0 Å². The minimum Gasteiger partial charge on any atom is -0.441 e. The van der Waals surface area contributed by atoms with E-state index < -0.39 is 0 Å². The van der Waals surface area contributed by atoms with Gasteiger partial charge in [0, 0.05) is 21.6 Å². The number of nitrogens with zero attached hydrogens (tertiary/aromatic N) is 1. The van der Waals surface area contributed by atoms with Gasteiger partial charge >= 0.3 is 0 Å². The second-order valence-electron chi connectivity index (χ2n) is 7.86. The monoisotopic (exact) mass is 387 g/mol. The topological polar surface area (TPSA) is 21.6 Å². The first kappa shape index (κ1) is 18.5. The van der Waals surface area contributed by atoms with Crippen LogP contribution >= 0.6 is 11.6 Å². The van der Waals surface area contributed by atoms with Gasteiger partial charge in [0.15, 0.2) is 0 Å². The molecule has 28 heavy (non-hydrogen) atoms. The summed E-state index contributed by atoms with van der Waals surface area (Å²) < 4.78 is 6.48. The van der Waals surface area contributed by atoms with Crippen LogP contribution < -0.4 is 0 Å². The van der Waals surface area contributed by atoms with Gasteiger partial charge in [0.2, 0.25) is 5.90 Å². The standard InChI is InChI=1S/C25H22ClNO/c1-25(2,3)24-27-21-12-8-7-11-20(21)23(28-24)22(17-9-5-4-6-10-17)18-13-15-19(26)16-14-18/h4-16H,1-3H3/b23-22+. The summed E-state index contributed by atoms with van der Waals surface area (Å²) in [7, 11) is 0. The lowest BCUT2D eigenvalue weighted by atomic mass is 9.91. The van der Waals surface area contributed by atoms with Crippen LogP contribution in [0.5, 0.6) is 0 Å². The first-order chi connectivity index (χ1) is 13.4. The number of ether oxygens (including phenoxy) is 1. The van der Waals surface area contributed by atoms with Gasteiger partial charge < -0.3 is 4.74 Å². The van der Waals surface area contributed by atoms with E-state index in [-0.39, 0.29) is 5.41 Å². The highest BCUT2D eigenvalue weighted by molar-refractivity contribution is 6.30. The largest absolute Gasteiger partial charge is 0.441 e. The molecule has 0 spiro atoms. The van der Waals surface area contributed by atoms with Crippen LogP contribution in [0.2, 0.25) is 5.02 Å². The minimum absolute atomic E-state index is 0.208. The molecule has 1 heterocycles. The molecular weight excluding hydrogens is 366 g/mol. The summed E-state index contributed by atoms with van der Waals surface area (Å²) in [6.07, 6.45) is 0. The van der Waals surface area contributed by atoms with Gasteiger partial charge in [-0.05, 0) is 35.4 Å². The van der Waals surface area contributed by atoms with E-state index in [1.54, 1.807) is 0 Å².